The highest BCUT2D eigenvalue weighted by Gasteiger charge is 2.26. The Bertz CT molecular complexity index is 606. The number of fused-ring (bicyclic) bond motifs is 1. The molecule has 4 heteroatoms. The molecule has 1 aliphatic heterocycles. The van der Waals surface area contributed by atoms with Gasteiger partial charge < -0.3 is 5.73 Å². The largest absolute Gasteiger partial charge is 0.369 e. The van der Waals surface area contributed by atoms with Crippen LogP contribution in [0.3, 0.4) is 0 Å². The number of carbonyl (C=O) groups is 1. The maximum absolute atomic E-state index is 11.2. The van der Waals surface area contributed by atoms with Gasteiger partial charge in [-0.05, 0) is 30.7 Å². The standard InChI is InChI=1S/C15H17N3O/c16-15(19)12-6-8-18(10-12)9-11-5-7-17-14-4-2-1-3-13(11)14/h1-5,7,12H,6,8-10H2,(H2,16,19)/t12-/m0/s1. The average molecular weight is 255 g/mol. The summed E-state index contributed by atoms with van der Waals surface area (Å²) in [6, 6.07) is 10.2. The van der Waals surface area contributed by atoms with Crippen molar-refractivity contribution < 1.29 is 4.79 Å². The van der Waals surface area contributed by atoms with Crippen LogP contribution in [-0.2, 0) is 11.3 Å². The highest BCUT2D eigenvalue weighted by molar-refractivity contribution is 5.81. The maximum atomic E-state index is 11.2. The lowest BCUT2D eigenvalue weighted by molar-refractivity contribution is -0.121. The fourth-order valence-electron chi connectivity index (χ4n) is 2.74. The summed E-state index contributed by atoms with van der Waals surface area (Å²) < 4.78 is 0. The molecule has 0 unspecified atom stereocenters. The number of para-hydroxylation sites is 1. The second-order valence-corrected chi connectivity index (χ2v) is 5.11. The molecule has 2 N–H and O–H groups in total. The summed E-state index contributed by atoms with van der Waals surface area (Å²) in [5.74, 6) is -0.171. The summed E-state index contributed by atoms with van der Waals surface area (Å²) in [5, 5.41) is 1.19. The number of hydrogen-bond acceptors (Lipinski definition) is 3. The van der Waals surface area contributed by atoms with Gasteiger partial charge in [0.25, 0.3) is 0 Å². The third-order valence-corrected chi connectivity index (χ3v) is 3.81. The van der Waals surface area contributed by atoms with Gasteiger partial charge in [-0.2, -0.15) is 0 Å². The van der Waals surface area contributed by atoms with Crippen LogP contribution in [0.25, 0.3) is 10.9 Å². The Labute approximate surface area is 112 Å². The number of nitrogens with zero attached hydrogens (tertiary/aromatic N) is 2. The van der Waals surface area contributed by atoms with Crippen LogP contribution in [-0.4, -0.2) is 28.9 Å². The Morgan fingerprint density at radius 3 is 3.00 bits per heavy atom. The van der Waals surface area contributed by atoms with Crippen molar-refractivity contribution in [3.8, 4) is 0 Å². The van der Waals surface area contributed by atoms with Gasteiger partial charge in [0.15, 0.2) is 0 Å². The fraction of sp³-hybridized carbons (Fsp3) is 0.333. The normalized spacial score (nSPS) is 19.9. The van der Waals surface area contributed by atoms with Crippen molar-refractivity contribution in [1.29, 1.82) is 0 Å². The van der Waals surface area contributed by atoms with Crippen molar-refractivity contribution in [2.45, 2.75) is 13.0 Å². The van der Waals surface area contributed by atoms with Crippen molar-refractivity contribution in [3.05, 3.63) is 42.1 Å². The Hall–Kier alpha value is -1.94. The molecule has 3 rings (SSSR count). The lowest BCUT2D eigenvalue weighted by Crippen LogP contribution is -2.27. The average Bonchev–Trinajstić information content (AvgIpc) is 2.88. The number of benzene rings is 1. The highest BCUT2D eigenvalue weighted by atomic mass is 16.1. The summed E-state index contributed by atoms with van der Waals surface area (Å²) in [5.41, 5.74) is 7.65. The third-order valence-electron chi connectivity index (χ3n) is 3.81. The van der Waals surface area contributed by atoms with E-state index in [2.05, 4.69) is 22.0 Å². The lowest BCUT2D eigenvalue weighted by Gasteiger charge is -2.16. The first-order chi connectivity index (χ1) is 9.24. The van der Waals surface area contributed by atoms with Crippen molar-refractivity contribution in [2.24, 2.45) is 11.7 Å². The number of amides is 1. The summed E-state index contributed by atoms with van der Waals surface area (Å²) in [6.45, 7) is 2.56. The van der Waals surface area contributed by atoms with E-state index in [0.717, 1.165) is 31.6 Å². The van der Waals surface area contributed by atoms with Gasteiger partial charge in [0, 0.05) is 24.7 Å². The van der Waals surface area contributed by atoms with Crippen molar-refractivity contribution in [3.63, 3.8) is 0 Å². The van der Waals surface area contributed by atoms with Gasteiger partial charge in [0.05, 0.1) is 11.4 Å². The molecule has 0 spiro atoms. The zero-order valence-electron chi connectivity index (χ0n) is 10.7. The first-order valence-electron chi connectivity index (χ1n) is 6.58. The van der Waals surface area contributed by atoms with Gasteiger partial charge in [-0.25, -0.2) is 0 Å². The van der Waals surface area contributed by atoms with Crippen LogP contribution in [0.4, 0.5) is 0 Å². The Balaban J connectivity index is 1.81. The number of primary amides is 1. The van der Waals surface area contributed by atoms with Crippen LogP contribution in [0.2, 0.25) is 0 Å². The molecule has 1 aromatic carbocycles. The minimum atomic E-state index is -0.179. The molecule has 98 valence electrons. The molecular formula is C15H17N3O. The van der Waals surface area contributed by atoms with E-state index in [1.54, 1.807) is 0 Å². The molecule has 19 heavy (non-hydrogen) atoms. The van der Waals surface area contributed by atoms with Gasteiger partial charge in [-0.1, -0.05) is 18.2 Å². The quantitative estimate of drug-likeness (QED) is 0.905. The Kier molecular flexibility index (Phi) is 3.17. The topological polar surface area (TPSA) is 59.2 Å². The molecule has 1 atom stereocenters. The summed E-state index contributed by atoms with van der Waals surface area (Å²) in [6.07, 6.45) is 2.72. The van der Waals surface area contributed by atoms with Crippen LogP contribution >= 0.6 is 0 Å². The predicted octanol–water partition coefficient (Wildman–Crippen LogP) is 1.54. The molecule has 1 aromatic heterocycles. The molecule has 2 heterocycles. The second kappa shape index (κ2) is 4.97. The number of aromatic nitrogens is 1. The van der Waals surface area contributed by atoms with E-state index in [9.17, 15) is 4.79 Å². The summed E-state index contributed by atoms with van der Waals surface area (Å²) in [7, 11) is 0. The first kappa shape index (κ1) is 12.1. The minimum Gasteiger partial charge on any atom is -0.369 e. The minimum absolute atomic E-state index is 0.00750. The van der Waals surface area contributed by atoms with E-state index in [4.69, 9.17) is 5.73 Å². The monoisotopic (exact) mass is 255 g/mol. The summed E-state index contributed by atoms with van der Waals surface area (Å²) >= 11 is 0. The zero-order valence-corrected chi connectivity index (χ0v) is 10.7. The Morgan fingerprint density at radius 1 is 1.37 bits per heavy atom. The number of hydrogen-bond donors (Lipinski definition) is 1. The van der Waals surface area contributed by atoms with E-state index >= 15 is 0 Å². The molecule has 4 nitrogen and oxygen atoms in total. The third kappa shape index (κ3) is 2.44. The molecule has 1 saturated heterocycles. The fourth-order valence-corrected chi connectivity index (χ4v) is 2.74. The SMILES string of the molecule is NC(=O)[C@H]1CCN(Cc2ccnc3ccccc23)C1. The second-order valence-electron chi connectivity index (χ2n) is 5.11. The van der Waals surface area contributed by atoms with E-state index < -0.39 is 0 Å². The van der Waals surface area contributed by atoms with Crippen LogP contribution in [0.5, 0.6) is 0 Å². The van der Waals surface area contributed by atoms with Gasteiger partial charge in [-0.15, -0.1) is 0 Å². The molecule has 2 aromatic rings. The Morgan fingerprint density at radius 2 is 2.21 bits per heavy atom. The number of nitrogens with two attached hydrogens (primary N) is 1. The van der Waals surface area contributed by atoms with Gasteiger partial charge in [-0.3, -0.25) is 14.7 Å². The van der Waals surface area contributed by atoms with Crippen LogP contribution in [0, 0.1) is 5.92 Å². The van der Waals surface area contributed by atoms with E-state index in [-0.39, 0.29) is 11.8 Å². The van der Waals surface area contributed by atoms with Crippen LogP contribution in [0.15, 0.2) is 36.5 Å². The van der Waals surface area contributed by atoms with E-state index in [1.807, 2.05) is 24.4 Å². The molecule has 1 aliphatic rings. The lowest BCUT2D eigenvalue weighted by atomic mass is 10.1. The predicted molar refractivity (Wildman–Crippen MR) is 74.3 cm³/mol. The van der Waals surface area contributed by atoms with Crippen molar-refractivity contribution >= 4 is 16.8 Å². The number of likely N-dealkylation sites (tertiary alicyclic amines) is 1. The molecule has 0 saturated carbocycles. The molecule has 0 bridgehead atoms. The van der Waals surface area contributed by atoms with Gasteiger partial charge in [0.1, 0.15) is 0 Å². The highest BCUT2D eigenvalue weighted by Crippen LogP contribution is 2.22. The number of rotatable bonds is 3. The molecule has 0 aliphatic carbocycles. The van der Waals surface area contributed by atoms with Gasteiger partial charge in [0.2, 0.25) is 5.91 Å². The molecule has 1 amide bonds. The van der Waals surface area contributed by atoms with Crippen molar-refractivity contribution in [2.75, 3.05) is 13.1 Å². The number of carbonyl (C=O) groups excluding carboxylic acids is 1. The summed E-state index contributed by atoms with van der Waals surface area (Å²) in [4.78, 5) is 17.9. The molecule has 0 radical (unpaired) electrons. The van der Waals surface area contributed by atoms with Crippen molar-refractivity contribution in [1.82, 2.24) is 9.88 Å². The van der Waals surface area contributed by atoms with E-state index in [0.29, 0.717) is 0 Å². The van der Waals surface area contributed by atoms with E-state index in [1.165, 1.54) is 10.9 Å². The van der Waals surface area contributed by atoms with Gasteiger partial charge >= 0.3 is 0 Å². The maximum Gasteiger partial charge on any atom is 0.221 e. The number of pyridine rings is 1. The molecular weight excluding hydrogens is 238 g/mol. The first-order valence-corrected chi connectivity index (χ1v) is 6.58. The van der Waals surface area contributed by atoms with Crippen LogP contribution in [0.1, 0.15) is 12.0 Å². The smallest absolute Gasteiger partial charge is 0.221 e. The molecule has 1 fully saturated rings. The van der Waals surface area contributed by atoms with Crippen LogP contribution < -0.4 is 5.73 Å². The zero-order chi connectivity index (χ0) is 13.2.